The fourth-order valence-electron chi connectivity index (χ4n) is 2.94. The number of carboxylic acid groups (broad SMARTS) is 1. The Labute approximate surface area is 160 Å². The zero-order valence-corrected chi connectivity index (χ0v) is 15.2. The van der Waals surface area contributed by atoms with Gasteiger partial charge in [0.25, 0.3) is 5.91 Å². The van der Waals surface area contributed by atoms with Crippen molar-refractivity contribution in [2.45, 2.75) is 13.5 Å². The summed E-state index contributed by atoms with van der Waals surface area (Å²) >= 11 is 0. The average molecular weight is 388 g/mol. The molecule has 0 radical (unpaired) electrons. The number of pyridine rings is 2. The zero-order chi connectivity index (χ0) is 20.3. The number of hydrogen-bond acceptors (Lipinski definition) is 7. The van der Waals surface area contributed by atoms with Gasteiger partial charge < -0.3 is 19.8 Å². The van der Waals surface area contributed by atoms with E-state index in [4.69, 9.17) is 4.74 Å². The van der Waals surface area contributed by atoms with E-state index in [2.05, 4.69) is 4.98 Å². The summed E-state index contributed by atoms with van der Waals surface area (Å²) in [5.74, 6) is -2.96. The number of rotatable bonds is 7. The molecule has 0 fully saturated rings. The molecule has 0 unspecified atom stereocenters. The van der Waals surface area contributed by atoms with Gasteiger partial charge in [-0.2, -0.15) is 0 Å². The van der Waals surface area contributed by atoms with Gasteiger partial charge in [-0.3, -0.25) is 24.3 Å². The van der Waals surface area contributed by atoms with Crippen LogP contribution in [0.5, 0.6) is 5.75 Å². The second kappa shape index (κ2) is 8.09. The average Bonchev–Trinajstić information content (AvgIpc) is 2.68. The molecule has 2 aromatic rings. The highest BCUT2D eigenvalue weighted by Crippen LogP contribution is 2.22. The van der Waals surface area contributed by atoms with E-state index in [9.17, 15) is 24.6 Å². The van der Waals surface area contributed by atoms with Crippen molar-refractivity contribution in [3.63, 3.8) is 0 Å². The lowest BCUT2D eigenvalue weighted by Gasteiger charge is -2.39. The molecule has 0 aliphatic carbocycles. The lowest BCUT2D eigenvalue weighted by molar-refractivity contribution is 0.0578. The zero-order valence-electron chi connectivity index (χ0n) is 15.2. The van der Waals surface area contributed by atoms with Crippen LogP contribution in [0.2, 0.25) is 0 Å². The third-order valence-electron chi connectivity index (χ3n) is 4.30. The Balaban J connectivity index is 2.06. The third kappa shape index (κ3) is 3.67. The van der Waals surface area contributed by atoms with Gasteiger partial charge in [0.2, 0.25) is 5.43 Å². The van der Waals surface area contributed by atoms with E-state index in [0.717, 1.165) is 6.20 Å². The molecular weight excluding hydrogens is 368 g/mol. The number of carbonyl (C=O) groups is 2. The van der Waals surface area contributed by atoms with Crippen LogP contribution in [0.15, 0.2) is 35.4 Å². The van der Waals surface area contributed by atoms with Gasteiger partial charge in [0.15, 0.2) is 11.4 Å². The summed E-state index contributed by atoms with van der Waals surface area (Å²) in [7, 11) is 0. The van der Waals surface area contributed by atoms with E-state index < -0.39 is 28.6 Å². The highest BCUT2D eigenvalue weighted by molar-refractivity contribution is 5.97. The van der Waals surface area contributed by atoms with Crippen molar-refractivity contribution < 1.29 is 24.5 Å². The minimum Gasteiger partial charge on any atom is -0.502 e. The van der Waals surface area contributed by atoms with E-state index >= 15 is 0 Å². The fraction of sp³-hybridized carbons (Fsp3) is 0.333. The van der Waals surface area contributed by atoms with E-state index in [1.54, 1.807) is 29.4 Å². The largest absolute Gasteiger partial charge is 0.502 e. The lowest BCUT2D eigenvalue weighted by atomic mass is 10.2. The van der Waals surface area contributed by atoms with Gasteiger partial charge in [-0.05, 0) is 19.1 Å². The van der Waals surface area contributed by atoms with Crippen LogP contribution in [0.1, 0.15) is 33.5 Å². The summed E-state index contributed by atoms with van der Waals surface area (Å²) in [6.45, 7) is 3.20. The molecule has 1 amide bonds. The second-order valence-electron chi connectivity index (χ2n) is 6.11. The molecule has 0 spiro atoms. The maximum atomic E-state index is 12.8. The van der Waals surface area contributed by atoms with E-state index in [-0.39, 0.29) is 32.1 Å². The van der Waals surface area contributed by atoms with Gasteiger partial charge >= 0.3 is 5.97 Å². The predicted molar refractivity (Wildman–Crippen MR) is 97.9 cm³/mol. The SMILES string of the molecule is CCOCCN1CN(Cc2ccccn2)n2cc(C(=O)O)c(=O)c(O)c2C1=O. The third-order valence-corrected chi connectivity index (χ3v) is 4.30. The summed E-state index contributed by atoms with van der Waals surface area (Å²) in [6, 6.07) is 5.34. The topological polar surface area (TPSA) is 125 Å². The van der Waals surface area contributed by atoms with Crippen LogP contribution in [0.3, 0.4) is 0 Å². The Hall–Kier alpha value is -3.40. The molecule has 10 nitrogen and oxygen atoms in total. The van der Waals surface area contributed by atoms with Crippen LogP contribution in [0, 0.1) is 0 Å². The lowest BCUT2D eigenvalue weighted by Crippen LogP contribution is -2.54. The molecule has 0 saturated carbocycles. The first-order valence-corrected chi connectivity index (χ1v) is 8.68. The smallest absolute Gasteiger partial charge is 0.341 e. The molecule has 3 heterocycles. The number of aromatic nitrogens is 2. The Morgan fingerprint density at radius 1 is 1.32 bits per heavy atom. The summed E-state index contributed by atoms with van der Waals surface area (Å²) in [4.78, 5) is 42.1. The first-order chi connectivity index (χ1) is 13.4. The maximum absolute atomic E-state index is 12.8. The minimum atomic E-state index is -1.49. The number of carboxylic acids is 1. The normalized spacial score (nSPS) is 13.5. The molecular formula is C18H20N4O6. The van der Waals surface area contributed by atoms with Crippen LogP contribution in [-0.4, -0.2) is 63.1 Å². The number of hydrogen-bond donors (Lipinski definition) is 2. The van der Waals surface area contributed by atoms with Crippen molar-refractivity contribution in [3.05, 3.63) is 57.8 Å². The van der Waals surface area contributed by atoms with Crippen molar-refractivity contribution in [1.82, 2.24) is 14.6 Å². The quantitative estimate of drug-likeness (QED) is 0.646. The van der Waals surface area contributed by atoms with Crippen LogP contribution in [0.25, 0.3) is 0 Å². The van der Waals surface area contributed by atoms with Crippen molar-refractivity contribution in [3.8, 4) is 5.75 Å². The molecule has 0 aromatic carbocycles. The van der Waals surface area contributed by atoms with Crippen LogP contribution >= 0.6 is 0 Å². The van der Waals surface area contributed by atoms with Gasteiger partial charge in [0, 0.05) is 25.5 Å². The summed E-state index contributed by atoms with van der Waals surface area (Å²) in [5, 5.41) is 21.2. The molecule has 2 N–H and O–H groups in total. The number of aromatic carboxylic acids is 1. The molecule has 0 atom stereocenters. The molecule has 1 aliphatic heterocycles. The van der Waals surface area contributed by atoms with Crippen molar-refractivity contribution in [2.75, 3.05) is 31.4 Å². The molecule has 28 heavy (non-hydrogen) atoms. The van der Waals surface area contributed by atoms with E-state index in [1.165, 1.54) is 9.58 Å². The first-order valence-electron chi connectivity index (χ1n) is 8.68. The highest BCUT2D eigenvalue weighted by atomic mass is 16.5. The maximum Gasteiger partial charge on any atom is 0.341 e. The van der Waals surface area contributed by atoms with Crippen LogP contribution in [-0.2, 0) is 11.3 Å². The van der Waals surface area contributed by atoms with E-state index in [0.29, 0.717) is 12.3 Å². The fourth-order valence-corrected chi connectivity index (χ4v) is 2.94. The molecule has 3 rings (SSSR count). The number of aromatic hydroxyl groups is 1. The Morgan fingerprint density at radius 3 is 2.75 bits per heavy atom. The molecule has 148 valence electrons. The summed E-state index contributed by atoms with van der Waals surface area (Å²) in [6.07, 6.45) is 2.67. The standard InChI is InChI=1S/C18H20N4O6/c1-2-28-8-7-20-11-21(9-12-5-3-4-6-19-12)22-10-13(18(26)27)15(23)16(24)14(22)17(20)25/h3-6,10,24H,2,7-9,11H2,1H3,(H,26,27). The number of amides is 1. The first kappa shape index (κ1) is 19.4. The number of carbonyl (C=O) groups excluding carboxylic acids is 1. The number of ether oxygens (including phenoxy) is 1. The molecule has 2 aromatic heterocycles. The van der Waals surface area contributed by atoms with E-state index in [1.807, 2.05) is 6.92 Å². The van der Waals surface area contributed by atoms with Crippen molar-refractivity contribution in [1.29, 1.82) is 0 Å². The molecule has 0 saturated heterocycles. The second-order valence-corrected chi connectivity index (χ2v) is 6.11. The molecule has 0 bridgehead atoms. The van der Waals surface area contributed by atoms with Gasteiger partial charge in [-0.1, -0.05) is 6.07 Å². The van der Waals surface area contributed by atoms with Gasteiger partial charge in [0.1, 0.15) is 12.2 Å². The Bertz CT molecular complexity index is 943. The van der Waals surface area contributed by atoms with Crippen molar-refractivity contribution >= 4 is 11.9 Å². The highest BCUT2D eigenvalue weighted by Gasteiger charge is 2.34. The summed E-state index contributed by atoms with van der Waals surface area (Å²) in [5.41, 5.74) is -1.34. The molecule has 10 heteroatoms. The van der Waals surface area contributed by atoms with Gasteiger partial charge in [-0.25, -0.2) is 4.79 Å². The van der Waals surface area contributed by atoms with Crippen LogP contribution in [0.4, 0.5) is 0 Å². The monoisotopic (exact) mass is 388 g/mol. The predicted octanol–water partition coefficient (Wildman–Crippen LogP) is 0.235. The number of fused-ring (bicyclic) bond motifs is 1. The van der Waals surface area contributed by atoms with Crippen LogP contribution < -0.4 is 10.4 Å². The Morgan fingerprint density at radius 2 is 2.11 bits per heavy atom. The molecule has 1 aliphatic rings. The van der Waals surface area contributed by atoms with Crippen molar-refractivity contribution in [2.24, 2.45) is 0 Å². The number of nitrogens with zero attached hydrogens (tertiary/aromatic N) is 4. The summed E-state index contributed by atoms with van der Waals surface area (Å²) < 4.78 is 6.51. The minimum absolute atomic E-state index is 0.108. The van der Waals surface area contributed by atoms with Gasteiger partial charge in [-0.15, -0.1) is 0 Å². The van der Waals surface area contributed by atoms with Gasteiger partial charge in [0.05, 0.1) is 18.8 Å². The Kier molecular flexibility index (Phi) is 5.59.